The predicted octanol–water partition coefficient (Wildman–Crippen LogP) is 3.58. The lowest BCUT2D eigenvalue weighted by Gasteiger charge is -2.23. The molecule has 0 fully saturated rings. The topological polar surface area (TPSA) is 42.0 Å². The number of aryl methyl sites for hydroxylation is 1. The van der Waals surface area contributed by atoms with Crippen LogP contribution < -0.4 is 5.32 Å². The Kier molecular flexibility index (Phi) is 5.12. The highest BCUT2D eigenvalue weighted by atomic mass is 32.1. The minimum absolute atomic E-state index is 0.132. The Morgan fingerprint density at radius 1 is 1.55 bits per heavy atom. The van der Waals surface area contributed by atoms with Gasteiger partial charge >= 0.3 is 0 Å². The van der Waals surface area contributed by atoms with Crippen LogP contribution in [-0.2, 0) is 4.79 Å². The molecule has 1 aliphatic carbocycles. The number of amides is 1. The quantitative estimate of drug-likeness (QED) is 0.814. The summed E-state index contributed by atoms with van der Waals surface area (Å²) in [7, 11) is 0. The van der Waals surface area contributed by atoms with Crippen molar-refractivity contribution < 1.29 is 4.79 Å². The molecule has 4 heteroatoms. The highest BCUT2D eigenvalue weighted by Crippen LogP contribution is 2.32. The Bertz CT molecular complexity index is 516. The Hall–Kier alpha value is -1.42. The highest BCUT2D eigenvalue weighted by molar-refractivity contribution is 7.09. The smallest absolute Gasteiger partial charge is 0.207 e. The van der Waals surface area contributed by atoms with Crippen molar-refractivity contribution in [3.63, 3.8) is 0 Å². The maximum atomic E-state index is 10.8. The average molecular weight is 290 g/mol. The summed E-state index contributed by atoms with van der Waals surface area (Å²) in [6.45, 7) is 6.42. The number of rotatable bonds is 6. The summed E-state index contributed by atoms with van der Waals surface area (Å²) in [4.78, 5) is 16.4. The lowest BCUT2D eigenvalue weighted by molar-refractivity contribution is -0.110. The molecule has 1 aromatic rings. The lowest BCUT2D eigenvalue weighted by atomic mass is 9.89. The Morgan fingerprint density at radius 3 is 2.85 bits per heavy atom. The molecule has 1 N–H and O–H groups in total. The van der Waals surface area contributed by atoms with E-state index in [1.165, 1.54) is 10.5 Å². The van der Waals surface area contributed by atoms with Crippen molar-refractivity contribution in [2.24, 2.45) is 5.92 Å². The van der Waals surface area contributed by atoms with Crippen molar-refractivity contribution >= 4 is 17.7 Å². The van der Waals surface area contributed by atoms with Crippen LogP contribution in [-0.4, -0.2) is 17.4 Å². The summed E-state index contributed by atoms with van der Waals surface area (Å²) in [5.74, 6) is 0.991. The molecule has 1 aromatic heterocycles. The molecular weight excluding hydrogens is 268 g/mol. The van der Waals surface area contributed by atoms with Gasteiger partial charge in [-0.05, 0) is 31.3 Å². The van der Waals surface area contributed by atoms with Crippen molar-refractivity contribution in [3.8, 4) is 0 Å². The van der Waals surface area contributed by atoms with Crippen LogP contribution >= 0.6 is 11.3 Å². The molecule has 2 rings (SSSR count). The molecular formula is C16H22N2OS. The van der Waals surface area contributed by atoms with Crippen molar-refractivity contribution in [3.05, 3.63) is 39.9 Å². The average Bonchev–Trinajstić information content (AvgIpc) is 2.84. The Labute approximate surface area is 124 Å². The summed E-state index contributed by atoms with van der Waals surface area (Å²) < 4.78 is 0. The summed E-state index contributed by atoms with van der Waals surface area (Å²) in [5.41, 5.74) is 4.27. The molecule has 0 radical (unpaired) electrons. The monoisotopic (exact) mass is 290 g/mol. The number of hydrogen-bond donors (Lipinski definition) is 1. The van der Waals surface area contributed by atoms with Crippen LogP contribution in [0.1, 0.15) is 43.2 Å². The highest BCUT2D eigenvalue weighted by Gasteiger charge is 2.19. The SMILES string of the molecule is Cc1ncsc1C1C=CC(C(CC(C)C)NC=O)=CC1. The number of hydrogen-bond acceptors (Lipinski definition) is 3. The third-order valence-corrected chi connectivity index (χ3v) is 4.69. The third-order valence-electron chi connectivity index (χ3n) is 3.63. The molecule has 2 unspecified atom stereocenters. The molecule has 1 amide bonds. The van der Waals surface area contributed by atoms with E-state index in [1.54, 1.807) is 11.3 Å². The van der Waals surface area contributed by atoms with Gasteiger partial charge in [0.05, 0.1) is 17.2 Å². The molecule has 3 nitrogen and oxygen atoms in total. The molecule has 0 bridgehead atoms. The molecule has 1 heterocycles. The van der Waals surface area contributed by atoms with Gasteiger partial charge in [-0.1, -0.05) is 32.1 Å². The number of nitrogens with zero attached hydrogens (tertiary/aromatic N) is 1. The van der Waals surface area contributed by atoms with Crippen LogP contribution in [0.15, 0.2) is 29.3 Å². The van der Waals surface area contributed by atoms with E-state index >= 15 is 0 Å². The first-order chi connectivity index (χ1) is 9.61. The molecule has 0 spiro atoms. The van der Waals surface area contributed by atoms with Crippen molar-refractivity contribution in [2.45, 2.75) is 45.6 Å². The maximum absolute atomic E-state index is 10.8. The molecule has 1 aliphatic rings. The largest absolute Gasteiger partial charge is 0.352 e. The van der Waals surface area contributed by atoms with Crippen molar-refractivity contribution in [1.29, 1.82) is 0 Å². The van der Waals surface area contributed by atoms with E-state index in [1.807, 2.05) is 5.51 Å². The first kappa shape index (κ1) is 15.0. The van der Waals surface area contributed by atoms with E-state index in [9.17, 15) is 4.79 Å². The maximum Gasteiger partial charge on any atom is 0.207 e. The van der Waals surface area contributed by atoms with Crippen LogP contribution in [0.5, 0.6) is 0 Å². The lowest BCUT2D eigenvalue weighted by Crippen LogP contribution is -2.31. The minimum Gasteiger partial charge on any atom is -0.352 e. The fraction of sp³-hybridized carbons (Fsp3) is 0.500. The van der Waals surface area contributed by atoms with Gasteiger partial charge in [0.1, 0.15) is 0 Å². The molecule has 0 aromatic carbocycles. The molecule has 2 atom stereocenters. The van der Waals surface area contributed by atoms with Crippen LogP contribution in [0.25, 0.3) is 0 Å². The van der Waals surface area contributed by atoms with Crippen LogP contribution in [0.2, 0.25) is 0 Å². The normalized spacial score (nSPS) is 19.8. The van der Waals surface area contributed by atoms with Crippen molar-refractivity contribution in [1.82, 2.24) is 10.3 Å². The summed E-state index contributed by atoms with van der Waals surface area (Å²) in [6, 6.07) is 0.132. The summed E-state index contributed by atoms with van der Waals surface area (Å²) in [6.07, 6.45) is 9.43. The van der Waals surface area contributed by atoms with Gasteiger partial charge in [-0.15, -0.1) is 11.3 Å². The second-order valence-corrected chi connectivity index (χ2v) is 6.56. The minimum atomic E-state index is 0.132. The number of thiazole rings is 1. The van der Waals surface area contributed by atoms with Crippen LogP contribution in [0.4, 0.5) is 0 Å². The van der Waals surface area contributed by atoms with Gasteiger partial charge in [0.15, 0.2) is 0 Å². The summed E-state index contributed by atoms with van der Waals surface area (Å²) >= 11 is 1.72. The standard InChI is InChI=1S/C16H22N2OS/c1-11(2)8-15(17-9-19)13-4-6-14(7-5-13)16-12(3)18-10-20-16/h4-6,9-11,14-15H,7-8H2,1-3H3,(H,17,19). The number of carbonyl (C=O) groups excluding carboxylic acids is 1. The van der Waals surface area contributed by atoms with Gasteiger partial charge in [-0.25, -0.2) is 4.98 Å². The van der Waals surface area contributed by atoms with Crippen molar-refractivity contribution in [2.75, 3.05) is 0 Å². The summed E-state index contributed by atoms with van der Waals surface area (Å²) in [5, 5.41) is 2.93. The third kappa shape index (κ3) is 3.57. The Morgan fingerprint density at radius 2 is 2.35 bits per heavy atom. The number of carbonyl (C=O) groups is 1. The number of nitrogens with one attached hydrogen (secondary N) is 1. The molecule has 0 saturated carbocycles. The van der Waals surface area contributed by atoms with Gasteiger partial charge in [-0.3, -0.25) is 4.79 Å². The predicted molar refractivity (Wildman–Crippen MR) is 83.9 cm³/mol. The van der Waals surface area contributed by atoms with Gasteiger partial charge < -0.3 is 5.32 Å². The molecule has 108 valence electrons. The van der Waals surface area contributed by atoms with Gasteiger partial charge in [-0.2, -0.15) is 0 Å². The molecule has 0 saturated heterocycles. The zero-order valence-electron chi connectivity index (χ0n) is 12.3. The van der Waals surface area contributed by atoms with Gasteiger partial charge in [0.2, 0.25) is 6.41 Å². The zero-order chi connectivity index (χ0) is 14.5. The van der Waals surface area contributed by atoms with E-state index < -0.39 is 0 Å². The number of allylic oxidation sites excluding steroid dienone is 2. The van der Waals surface area contributed by atoms with Crippen LogP contribution in [0, 0.1) is 12.8 Å². The molecule has 0 aliphatic heterocycles. The van der Waals surface area contributed by atoms with Crippen LogP contribution in [0.3, 0.4) is 0 Å². The van der Waals surface area contributed by atoms with E-state index in [2.05, 4.69) is 49.3 Å². The van der Waals surface area contributed by atoms with E-state index in [-0.39, 0.29) is 6.04 Å². The fourth-order valence-electron chi connectivity index (χ4n) is 2.61. The second-order valence-electron chi connectivity index (χ2n) is 5.67. The number of aromatic nitrogens is 1. The van der Waals surface area contributed by atoms with E-state index in [4.69, 9.17) is 0 Å². The van der Waals surface area contributed by atoms with Gasteiger partial charge in [0, 0.05) is 10.8 Å². The second kappa shape index (κ2) is 6.84. The van der Waals surface area contributed by atoms with E-state index in [0.29, 0.717) is 11.8 Å². The van der Waals surface area contributed by atoms with E-state index in [0.717, 1.165) is 24.9 Å². The first-order valence-electron chi connectivity index (χ1n) is 7.09. The Balaban J connectivity index is 2.06. The first-order valence-corrected chi connectivity index (χ1v) is 7.97. The van der Waals surface area contributed by atoms with Gasteiger partial charge in [0.25, 0.3) is 0 Å². The zero-order valence-corrected chi connectivity index (χ0v) is 13.1. The molecule has 20 heavy (non-hydrogen) atoms. The fourth-order valence-corrected chi connectivity index (χ4v) is 3.51.